The molecule has 1 atom stereocenters. The maximum Gasteiger partial charge on any atom is 0.396 e. The number of rotatable bonds is 1. The molecule has 1 rings (SSSR count). The second-order valence-corrected chi connectivity index (χ2v) is 3.71. The summed E-state index contributed by atoms with van der Waals surface area (Å²) in [6, 6.07) is 0.129. The third-order valence-corrected chi connectivity index (χ3v) is 2.19. The largest absolute Gasteiger partial charge is 0.462 e. The maximum absolute atomic E-state index is 10.9. The average molecular weight is 171 g/mol. The fourth-order valence-corrected chi connectivity index (χ4v) is 1.02. The van der Waals surface area contributed by atoms with Crippen LogP contribution in [0.4, 0.5) is 0 Å². The summed E-state index contributed by atoms with van der Waals surface area (Å²) in [5, 5.41) is 2.58. The van der Waals surface area contributed by atoms with E-state index in [1.165, 1.54) is 7.11 Å². The highest BCUT2D eigenvalue weighted by molar-refractivity contribution is 6.32. The number of hydrogen-bond donors (Lipinski definition) is 1. The van der Waals surface area contributed by atoms with Crippen molar-refractivity contribution >= 4 is 11.9 Å². The molecule has 1 aliphatic carbocycles. The number of amides is 1. The van der Waals surface area contributed by atoms with Crippen molar-refractivity contribution in [2.24, 2.45) is 5.41 Å². The van der Waals surface area contributed by atoms with E-state index >= 15 is 0 Å². The maximum atomic E-state index is 10.9. The molecule has 4 heteroatoms. The predicted molar refractivity (Wildman–Crippen MR) is 42.3 cm³/mol. The van der Waals surface area contributed by atoms with Gasteiger partial charge in [-0.3, -0.25) is 4.79 Å². The first-order valence-electron chi connectivity index (χ1n) is 3.86. The van der Waals surface area contributed by atoms with E-state index in [2.05, 4.69) is 10.1 Å². The summed E-state index contributed by atoms with van der Waals surface area (Å²) >= 11 is 0. The van der Waals surface area contributed by atoms with E-state index in [0.29, 0.717) is 0 Å². The Kier molecular flexibility index (Phi) is 2.08. The molecular formula is C8H13NO3. The zero-order chi connectivity index (χ0) is 9.35. The zero-order valence-electron chi connectivity index (χ0n) is 7.51. The number of hydrogen-bond acceptors (Lipinski definition) is 3. The van der Waals surface area contributed by atoms with Gasteiger partial charge in [0.2, 0.25) is 0 Å². The lowest BCUT2D eigenvalue weighted by Crippen LogP contribution is -2.35. The van der Waals surface area contributed by atoms with E-state index in [0.717, 1.165) is 6.42 Å². The van der Waals surface area contributed by atoms with Crippen LogP contribution in [0.15, 0.2) is 0 Å². The van der Waals surface area contributed by atoms with Gasteiger partial charge in [0.15, 0.2) is 0 Å². The van der Waals surface area contributed by atoms with E-state index in [-0.39, 0.29) is 11.5 Å². The van der Waals surface area contributed by atoms with Crippen LogP contribution in [-0.2, 0) is 14.3 Å². The van der Waals surface area contributed by atoms with Crippen LogP contribution in [-0.4, -0.2) is 25.0 Å². The molecule has 0 heterocycles. The third-order valence-electron chi connectivity index (χ3n) is 2.19. The minimum absolute atomic E-state index is 0.129. The molecule has 0 aromatic rings. The smallest absolute Gasteiger partial charge is 0.396 e. The molecule has 1 saturated carbocycles. The van der Waals surface area contributed by atoms with E-state index in [4.69, 9.17) is 0 Å². The lowest BCUT2D eigenvalue weighted by Gasteiger charge is -2.04. The number of carbonyl (C=O) groups is 2. The highest BCUT2D eigenvalue weighted by Crippen LogP contribution is 2.44. The molecule has 1 amide bonds. The molecule has 1 unspecified atom stereocenters. The quantitative estimate of drug-likeness (QED) is 0.449. The summed E-state index contributed by atoms with van der Waals surface area (Å²) in [4.78, 5) is 21.6. The summed E-state index contributed by atoms with van der Waals surface area (Å²) in [6.07, 6.45) is 0.926. The molecular weight excluding hydrogens is 158 g/mol. The standard InChI is InChI=1S/C8H13NO3/c1-8(2)4-5(8)9-6(10)7(11)12-3/h5H,4H2,1-3H3,(H,9,10). The van der Waals surface area contributed by atoms with E-state index in [9.17, 15) is 9.59 Å². The first-order valence-corrected chi connectivity index (χ1v) is 3.86. The van der Waals surface area contributed by atoms with Crippen molar-refractivity contribution in [3.8, 4) is 0 Å². The second kappa shape index (κ2) is 2.77. The molecule has 1 fully saturated rings. The zero-order valence-corrected chi connectivity index (χ0v) is 7.51. The van der Waals surface area contributed by atoms with Crippen LogP contribution < -0.4 is 5.32 Å². The van der Waals surface area contributed by atoms with Gasteiger partial charge >= 0.3 is 11.9 Å². The van der Waals surface area contributed by atoms with Crippen LogP contribution in [0, 0.1) is 5.41 Å². The van der Waals surface area contributed by atoms with Crippen LogP contribution in [0.3, 0.4) is 0 Å². The van der Waals surface area contributed by atoms with Gasteiger partial charge in [0, 0.05) is 6.04 Å². The topological polar surface area (TPSA) is 55.4 Å². The molecule has 68 valence electrons. The second-order valence-electron chi connectivity index (χ2n) is 3.71. The molecule has 0 aromatic heterocycles. The number of esters is 1. The molecule has 1 N–H and O–H groups in total. The van der Waals surface area contributed by atoms with Crippen molar-refractivity contribution in [1.82, 2.24) is 5.32 Å². The van der Waals surface area contributed by atoms with Crippen LogP contribution in [0.5, 0.6) is 0 Å². The lowest BCUT2D eigenvalue weighted by molar-refractivity contribution is -0.152. The number of ether oxygens (including phenoxy) is 1. The predicted octanol–water partition coefficient (Wildman–Crippen LogP) is 0.0741. The summed E-state index contributed by atoms with van der Waals surface area (Å²) in [7, 11) is 1.19. The highest BCUT2D eigenvalue weighted by atomic mass is 16.5. The Bertz CT molecular complexity index is 222. The van der Waals surface area contributed by atoms with Gasteiger partial charge in [-0.1, -0.05) is 13.8 Å². The molecule has 0 saturated heterocycles. The van der Waals surface area contributed by atoms with Crippen molar-refractivity contribution in [3.05, 3.63) is 0 Å². The Labute approximate surface area is 71.3 Å². The van der Waals surface area contributed by atoms with Gasteiger partial charge < -0.3 is 10.1 Å². The van der Waals surface area contributed by atoms with Crippen LogP contribution in [0.2, 0.25) is 0 Å². The van der Waals surface area contributed by atoms with Crippen molar-refractivity contribution in [2.75, 3.05) is 7.11 Å². The first kappa shape index (κ1) is 9.03. The molecule has 12 heavy (non-hydrogen) atoms. The Morgan fingerprint density at radius 1 is 1.50 bits per heavy atom. The third kappa shape index (κ3) is 1.75. The molecule has 0 aromatic carbocycles. The molecule has 0 bridgehead atoms. The van der Waals surface area contributed by atoms with Crippen LogP contribution >= 0.6 is 0 Å². The van der Waals surface area contributed by atoms with Gasteiger partial charge in [0.25, 0.3) is 0 Å². The van der Waals surface area contributed by atoms with Gasteiger partial charge in [-0.15, -0.1) is 0 Å². The van der Waals surface area contributed by atoms with Gasteiger partial charge in [0.05, 0.1) is 7.11 Å². The van der Waals surface area contributed by atoms with Crippen LogP contribution in [0.25, 0.3) is 0 Å². The number of methoxy groups -OCH3 is 1. The Morgan fingerprint density at radius 2 is 2.00 bits per heavy atom. The first-order chi connectivity index (χ1) is 5.47. The van der Waals surface area contributed by atoms with Gasteiger partial charge in [-0.05, 0) is 11.8 Å². The monoisotopic (exact) mass is 171 g/mol. The SMILES string of the molecule is COC(=O)C(=O)NC1CC1(C)C. The summed E-state index contributed by atoms with van der Waals surface area (Å²) in [5.41, 5.74) is 0.143. The Morgan fingerprint density at radius 3 is 2.33 bits per heavy atom. The Hall–Kier alpha value is -1.06. The Balaban J connectivity index is 2.34. The lowest BCUT2D eigenvalue weighted by atomic mass is 10.2. The minimum Gasteiger partial charge on any atom is -0.462 e. The fraction of sp³-hybridized carbons (Fsp3) is 0.750. The summed E-state index contributed by atoms with van der Waals surface area (Å²) in [5.74, 6) is -1.47. The van der Waals surface area contributed by atoms with Crippen molar-refractivity contribution in [3.63, 3.8) is 0 Å². The summed E-state index contributed by atoms with van der Waals surface area (Å²) in [6.45, 7) is 4.07. The number of nitrogens with one attached hydrogen (secondary N) is 1. The van der Waals surface area contributed by atoms with Gasteiger partial charge in [-0.2, -0.15) is 0 Å². The minimum atomic E-state index is -0.822. The van der Waals surface area contributed by atoms with E-state index in [1.807, 2.05) is 13.8 Å². The van der Waals surface area contributed by atoms with Crippen molar-refractivity contribution < 1.29 is 14.3 Å². The number of carbonyl (C=O) groups excluding carboxylic acids is 2. The van der Waals surface area contributed by atoms with Crippen molar-refractivity contribution in [1.29, 1.82) is 0 Å². The molecule has 0 radical (unpaired) electrons. The van der Waals surface area contributed by atoms with Gasteiger partial charge in [-0.25, -0.2) is 4.79 Å². The van der Waals surface area contributed by atoms with E-state index in [1.54, 1.807) is 0 Å². The molecule has 0 aliphatic heterocycles. The summed E-state index contributed by atoms with van der Waals surface area (Å²) < 4.78 is 4.26. The van der Waals surface area contributed by atoms with Crippen molar-refractivity contribution in [2.45, 2.75) is 26.3 Å². The average Bonchev–Trinajstić information content (AvgIpc) is 2.57. The normalized spacial score (nSPS) is 24.4. The fourth-order valence-electron chi connectivity index (χ4n) is 1.02. The molecule has 0 spiro atoms. The van der Waals surface area contributed by atoms with Crippen LogP contribution in [0.1, 0.15) is 20.3 Å². The van der Waals surface area contributed by atoms with E-state index < -0.39 is 11.9 Å². The highest BCUT2D eigenvalue weighted by Gasteiger charge is 2.47. The van der Waals surface area contributed by atoms with Gasteiger partial charge in [0.1, 0.15) is 0 Å². The molecule has 4 nitrogen and oxygen atoms in total. The molecule has 1 aliphatic rings.